The molecule has 0 spiro atoms. The van der Waals surface area contributed by atoms with E-state index in [1.807, 2.05) is 30.3 Å². The number of benzene rings is 1. The largest absolute Gasteiger partial charge is 0.396 e. The topological polar surface area (TPSA) is 58.9 Å². The van der Waals surface area contributed by atoms with Gasteiger partial charge >= 0.3 is 0 Å². The summed E-state index contributed by atoms with van der Waals surface area (Å²) in [5, 5.41) is 12.2. The van der Waals surface area contributed by atoms with E-state index >= 15 is 0 Å². The number of rotatable bonds is 6. The zero-order valence-electron chi connectivity index (χ0n) is 8.67. The van der Waals surface area contributed by atoms with Gasteiger partial charge in [-0.15, -0.1) is 0 Å². The van der Waals surface area contributed by atoms with Gasteiger partial charge in [-0.3, -0.25) is 0 Å². The molecule has 0 fully saturated rings. The number of ether oxygens (including phenoxy) is 1. The molecule has 0 aliphatic heterocycles. The molecule has 1 aromatic rings. The van der Waals surface area contributed by atoms with E-state index in [0.717, 1.165) is 5.56 Å². The number of nitrogens with zero attached hydrogens (tertiary/aromatic N) is 1. The summed E-state index contributed by atoms with van der Waals surface area (Å²) in [5.74, 6) is -0.283. The van der Waals surface area contributed by atoms with Crippen LogP contribution < -0.4 is 0 Å². The lowest BCUT2D eigenvalue weighted by atomic mass is 9.95. The Balaban J connectivity index is 2.82. The fourth-order valence-corrected chi connectivity index (χ4v) is 1.53. The number of hydrogen-bond acceptors (Lipinski definition) is 4. The van der Waals surface area contributed by atoms with Crippen molar-refractivity contribution in [2.24, 2.45) is 11.1 Å². The molecule has 4 nitrogen and oxygen atoms in total. The maximum Gasteiger partial charge on any atom is 0.124 e. The standard InChI is InChI=1S/C11H15NO3/c1-15-8-10(7-13)11(12-14)9-5-3-2-4-6-9/h2-6,10-11,13H,7-8H2,1H3. The molecule has 2 atom stereocenters. The van der Waals surface area contributed by atoms with Gasteiger partial charge in [0.25, 0.3) is 0 Å². The lowest BCUT2D eigenvalue weighted by Crippen LogP contribution is -2.20. The Hall–Kier alpha value is -1.26. The molecular formula is C11H15NO3. The molecule has 0 radical (unpaired) electrons. The lowest BCUT2D eigenvalue weighted by Gasteiger charge is -2.18. The van der Waals surface area contributed by atoms with Crippen molar-refractivity contribution in [1.29, 1.82) is 0 Å². The van der Waals surface area contributed by atoms with Crippen LogP contribution in [-0.4, -0.2) is 25.4 Å². The Morgan fingerprint density at radius 2 is 2.07 bits per heavy atom. The van der Waals surface area contributed by atoms with Crippen LogP contribution in [0.15, 0.2) is 35.5 Å². The molecule has 82 valence electrons. The van der Waals surface area contributed by atoms with Crippen LogP contribution in [0.5, 0.6) is 0 Å². The molecule has 0 aromatic heterocycles. The van der Waals surface area contributed by atoms with Gasteiger partial charge in [0.05, 0.1) is 13.2 Å². The second-order valence-corrected chi connectivity index (χ2v) is 3.36. The first-order valence-electron chi connectivity index (χ1n) is 4.80. The van der Waals surface area contributed by atoms with Crippen molar-refractivity contribution in [3.63, 3.8) is 0 Å². The number of aliphatic hydroxyl groups excluding tert-OH is 1. The quantitative estimate of drug-likeness (QED) is 0.726. The molecule has 0 amide bonds. The molecule has 1 aromatic carbocycles. The number of methoxy groups -OCH3 is 1. The summed E-state index contributed by atoms with van der Waals surface area (Å²) in [4.78, 5) is 10.8. The van der Waals surface area contributed by atoms with Gasteiger partial charge in [0.2, 0.25) is 0 Å². The maximum absolute atomic E-state index is 10.8. The van der Waals surface area contributed by atoms with Crippen molar-refractivity contribution < 1.29 is 9.84 Å². The molecule has 1 rings (SSSR count). The van der Waals surface area contributed by atoms with Crippen molar-refractivity contribution in [2.45, 2.75) is 6.04 Å². The highest BCUT2D eigenvalue weighted by molar-refractivity contribution is 5.19. The van der Waals surface area contributed by atoms with Crippen molar-refractivity contribution >= 4 is 0 Å². The van der Waals surface area contributed by atoms with Crippen LogP contribution in [0.2, 0.25) is 0 Å². The minimum atomic E-state index is -0.545. The summed E-state index contributed by atoms with van der Waals surface area (Å²) < 4.78 is 4.94. The van der Waals surface area contributed by atoms with Gasteiger partial charge in [-0.1, -0.05) is 35.5 Å². The molecular weight excluding hydrogens is 194 g/mol. The van der Waals surface area contributed by atoms with Crippen LogP contribution >= 0.6 is 0 Å². The average Bonchev–Trinajstić information content (AvgIpc) is 2.30. The van der Waals surface area contributed by atoms with E-state index in [-0.39, 0.29) is 12.5 Å². The summed E-state index contributed by atoms with van der Waals surface area (Å²) >= 11 is 0. The van der Waals surface area contributed by atoms with Gasteiger partial charge in [0.1, 0.15) is 6.04 Å². The van der Waals surface area contributed by atoms with E-state index in [1.165, 1.54) is 7.11 Å². The van der Waals surface area contributed by atoms with Crippen LogP contribution in [0, 0.1) is 10.8 Å². The first kappa shape index (κ1) is 11.8. The second kappa shape index (κ2) is 6.27. The van der Waals surface area contributed by atoms with E-state index < -0.39 is 6.04 Å². The Morgan fingerprint density at radius 3 is 2.53 bits per heavy atom. The Bertz CT molecular complexity index is 289. The summed E-state index contributed by atoms with van der Waals surface area (Å²) in [6.45, 7) is 0.209. The molecule has 0 saturated carbocycles. The van der Waals surface area contributed by atoms with Gasteiger partial charge in [-0.05, 0) is 5.56 Å². The third-order valence-electron chi connectivity index (χ3n) is 2.32. The first-order chi connectivity index (χ1) is 7.33. The second-order valence-electron chi connectivity index (χ2n) is 3.36. The third kappa shape index (κ3) is 3.11. The van der Waals surface area contributed by atoms with Crippen molar-refractivity contribution in [1.82, 2.24) is 0 Å². The summed E-state index contributed by atoms with van der Waals surface area (Å²) in [5.41, 5.74) is 0.809. The highest BCUT2D eigenvalue weighted by Crippen LogP contribution is 2.25. The van der Waals surface area contributed by atoms with Crippen LogP contribution in [0.3, 0.4) is 0 Å². The van der Waals surface area contributed by atoms with Gasteiger partial charge in [0.15, 0.2) is 0 Å². The summed E-state index contributed by atoms with van der Waals surface area (Å²) in [6, 6.07) is 8.66. The van der Waals surface area contributed by atoms with E-state index in [2.05, 4.69) is 5.18 Å². The monoisotopic (exact) mass is 209 g/mol. The first-order valence-corrected chi connectivity index (χ1v) is 4.80. The summed E-state index contributed by atoms with van der Waals surface area (Å²) in [6.07, 6.45) is 0. The highest BCUT2D eigenvalue weighted by Gasteiger charge is 2.23. The molecule has 0 heterocycles. The third-order valence-corrected chi connectivity index (χ3v) is 2.32. The molecule has 4 heteroatoms. The zero-order chi connectivity index (χ0) is 11.1. The predicted octanol–water partition coefficient (Wildman–Crippen LogP) is 1.75. The lowest BCUT2D eigenvalue weighted by molar-refractivity contribution is 0.0955. The highest BCUT2D eigenvalue weighted by atomic mass is 16.5. The smallest absolute Gasteiger partial charge is 0.124 e. The van der Waals surface area contributed by atoms with Crippen LogP contribution in [-0.2, 0) is 4.74 Å². The van der Waals surface area contributed by atoms with Crippen LogP contribution in [0.4, 0.5) is 0 Å². The number of hydrogen-bond donors (Lipinski definition) is 1. The molecule has 2 unspecified atom stereocenters. The normalized spacial score (nSPS) is 14.5. The van der Waals surface area contributed by atoms with Gasteiger partial charge in [-0.25, -0.2) is 0 Å². The van der Waals surface area contributed by atoms with E-state index in [9.17, 15) is 4.91 Å². The van der Waals surface area contributed by atoms with E-state index in [4.69, 9.17) is 9.84 Å². The Morgan fingerprint density at radius 1 is 1.40 bits per heavy atom. The zero-order valence-corrected chi connectivity index (χ0v) is 8.67. The minimum Gasteiger partial charge on any atom is -0.396 e. The molecule has 0 bridgehead atoms. The Kier molecular flexibility index (Phi) is 4.93. The molecule has 1 N–H and O–H groups in total. The number of aliphatic hydroxyl groups is 1. The van der Waals surface area contributed by atoms with Crippen molar-refractivity contribution in [3.05, 3.63) is 40.8 Å². The average molecular weight is 209 g/mol. The fourth-order valence-electron chi connectivity index (χ4n) is 1.53. The van der Waals surface area contributed by atoms with Crippen LogP contribution in [0.1, 0.15) is 11.6 Å². The predicted molar refractivity (Wildman–Crippen MR) is 57.4 cm³/mol. The van der Waals surface area contributed by atoms with Gasteiger partial charge < -0.3 is 9.84 Å². The Labute approximate surface area is 88.9 Å². The van der Waals surface area contributed by atoms with E-state index in [1.54, 1.807) is 0 Å². The molecule has 15 heavy (non-hydrogen) atoms. The minimum absolute atomic E-state index is 0.112. The van der Waals surface area contributed by atoms with Gasteiger partial charge in [-0.2, -0.15) is 4.91 Å². The summed E-state index contributed by atoms with van der Waals surface area (Å²) in [7, 11) is 1.54. The molecule has 0 aliphatic carbocycles. The number of nitroso groups, excluding NO2 is 1. The maximum atomic E-state index is 10.8. The SMILES string of the molecule is COCC(CO)C(N=O)c1ccccc1. The fraction of sp³-hybridized carbons (Fsp3) is 0.455. The van der Waals surface area contributed by atoms with Gasteiger partial charge in [0, 0.05) is 13.0 Å². The van der Waals surface area contributed by atoms with Crippen molar-refractivity contribution in [2.75, 3.05) is 20.3 Å². The van der Waals surface area contributed by atoms with Crippen molar-refractivity contribution in [3.8, 4) is 0 Å². The molecule has 0 saturated heterocycles. The van der Waals surface area contributed by atoms with E-state index in [0.29, 0.717) is 6.61 Å². The molecule has 0 aliphatic rings. The van der Waals surface area contributed by atoms with Crippen LogP contribution in [0.25, 0.3) is 0 Å².